The number of hydrogen-bond donors (Lipinski definition) is 2. The summed E-state index contributed by atoms with van der Waals surface area (Å²) in [6.07, 6.45) is -0.0234. The van der Waals surface area contributed by atoms with Gasteiger partial charge in [0.1, 0.15) is 5.69 Å². The molecule has 3 aromatic rings. The van der Waals surface area contributed by atoms with Crippen LogP contribution in [0.2, 0.25) is 0 Å². The number of nitrogens with one attached hydrogen (secondary N) is 2. The first-order valence-electron chi connectivity index (χ1n) is 9.37. The van der Waals surface area contributed by atoms with Crippen LogP contribution in [-0.2, 0) is 18.3 Å². The zero-order valence-corrected chi connectivity index (χ0v) is 17.9. The zero-order valence-electron chi connectivity index (χ0n) is 17.1. The quantitative estimate of drug-likeness (QED) is 0.427. The zero-order chi connectivity index (χ0) is 22.7. The fraction of sp³-hybridized carbons (Fsp3) is 0.300. The highest BCUT2D eigenvalue weighted by Gasteiger charge is 2.19. The van der Waals surface area contributed by atoms with Crippen LogP contribution in [0, 0.1) is 13.8 Å². The summed E-state index contributed by atoms with van der Waals surface area (Å²) in [5.74, 6) is -3.15. The molecule has 0 unspecified atom stereocenters. The number of halogens is 2. The molecule has 0 radical (unpaired) electrons. The Bertz CT molecular complexity index is 1220. The lowest BCUT2D eigenvalue weighted by molar-refractivity contribution is -0.116. The molecule has 0 saturated carbocycles. The fourth-order valence-corrected chi connectivity index (χ4v) is 3.68. The molecule has 0 saturated heterocycles. The first-order chi connectivity index (χ1) is 14.7. The number of amides is 1. The summed E-state index contributed by atoms with van der Waals surface area (Å²) in [6, 6.07) is 9.02. The number of thioether (sulfide) groups is 1. The number of H-pyrrole nitrogens is 1. The van der Waals surface area contributed by atoms with Crippen LogP contribution in [0.25, 0.3) is 5.69 Å². The summed E-state index contributed by atoms with van der Waals surface area (Å²) in [5, 5.41) is 2.45. The molecule has 11 heteroatoms. The number of alkyl halides is 2. The van der Waals surface area contributed by atoms with Crippen molar-refractivity contribution in [3.63, 3.8) is 0 Å². The minimum atomic E-state index is -2.70. The number of nitrogens with zero attached hydrogens (tertiary/aromatic N) is 3. The maximum absolute atomic E-state index is 12.9. The van der Waals surface area contributed by atoms with E-state index in [2.05, 4.69) is 15.3 Å². The SMILES string of the molecule is Cc1nc(SC(F)F)[nH]c(=O)c1CCC(=O)Nc1c(C)n(C)n(-c2ccccc2)c1=O. The van der Waals surface area contributed by atoms with Crippen molar-refractivity contribution >= 4 is 23.4 Å². The third-order valence-electron chi connectivity index (χ3n) is 4.82. The van der Waals surface area contributed by atoms with E-state index in [1.807, 2.05) is 6.07 Å². The summed E-state index contributed by atoms with van der Waals surface area (Å²) in [6.45, 7) is 3.24. The minimum absolute atomic E-state index is 0.0540. The van der Waals surface area contributed by atoms with Gasteiger partial charge >= 0.3 is 0 Å². The van der Waals surface area contributed by atoms with Crippen LogP contribution >= 0.6 is 11.8 Å². The molecule has 0 atom stereocenters. The van der Waals surface area contributed by atoms with E-state index >= 15 is 0 Å². The van der Waals surface area contributed by atoms with E-state index < -0.39 is 17.2 Å². The normalized spacial score (nSPS) is 11.2. The topological polar surface area (TPSA) is 102 Å². The third kappa shape index (κ3) is 4.93. The highest BCUT2D eigenvalue weighted by molar-refractivity contribution is 7.99. The Kier molecular flexibility index (Phi) is 6.74. The molecule has 2 N–H and O–H groups in total. The molecule has 164 valence electrons. The Hall–Kier alpha value is -3.21. The summed E-state index contributed by atoms with van der Waals surface area (Å²) in [7, 11) is 1.72. The number of aryl methyl sites for hydroxylation is 1. The van der Waals surface area contributed by atoms with Crippen molar-refractivity contribution in [1.29, 1.82) is 0 Å². The Morgan fingerprint density at radius 3 is 2.52 bits per heavy atom. The first-order valence-corrected chi connectivity index (χ1v) is 10.3. The van der Waals surface area contributed by atoms with Gasteiger partial charge in [-0.05, 0) is 44.2 Å². The maximum atomic E-state index is 12.9. The largest absolute Gasteiger partial charge is 0.320 e. The van der Waals surface area contributed by atoms with Gasteiger partial charge in [-0.15, -0.1) is 0 Å². The molecule has 0 fully saturated rings. The smallest absolute Gasteiger partial charge is 0.295 e. The second kappa shape index (κ2) is 9.29. The Morgan fingerprint density at radius 2 is 1.90 bits per heavy atom. The summed E-state index contributed by atoms with van der Waals surface area (Å²) in [5.41, 5.74) is 0.973. The fourth-order valence-electron chi connectivity index (χ4n) is 3.17. The number of aromatic amines is 1. The summed E-state index contributed by atoms with van der Waals surface area (Å²) in [4.78, 5) is 43.8. The summed E-state index contributed by atoms with van der Waals surface area (Å²) >= 11 is 0.148. The maximum Gasteiger partial charge on any atom is 0.295 e. The lowest BCUT2D eigenvalue weighted by Gasteiger charge is -2.07. The Balaban J connectivity index is 1.76. The van der Waals surface area contributed by atoms with E-state index in [-0.39, 0.29) is 52.3 Å². The molecule has 0 aliphatic rings. The highest BCUT2D eigenvalue weighted by Crippen LogP contribution is 2.21. The lowest BCUT2D eigenvalue weighted by atomic mass is 10.1. The van der Waals surface area contributed by atoms with Crippen molar-refractivity contribution in [2.45, 2.75) is 37.6 Å². The molecule has 1 amide bonds. The van der Waals surface area contributed by atoms with E-state index in [1.165, 1.54) is 11.6 Å². The first kappa shape index (κ1) is 22.5. The van der Waals surface area contributed by atoms with E-state index in [0.717, 1.165) is 0 Å². The van der Waals surface area contributed by atoms with Gasteiger partial charge in [-0.1, -0.05) is 18.2 Å². The molecule has 2 heterocycles. The van der Waals surface area contributed by atoms with Gasteiger partial charge in [0, 0.05) is 24.7 Å². The molecule has 0 aliphatic heterocycles. The Labute approximate surface area is 180 Å². The van der Waals surface area contributed by atoms with Gasteiger partial charge in [-0.25, -0.2) is 9.67 Å². The van der Waals surface area contributed by atoms with Gasteiger partial charge < -0.3 is 10.3 Å². The van der Waals surface area contributed by atoms with Crippen LogP contribution < -0.4 is 16.4 Å². The van der Waals surface area contributed by atoms with Crippen LogP contribution in [-0.4, -0.2) is 31.0 Å². The minimum Gasteiger partial charge on any atom is -0.320 e. The van der Waals surface area contributed by atoms with Crippen molar-refractivity contribution in [3.05, 3.63) is 68.0 Å². The standard InChI is InChI=1S/C20H21F2N5O3S/c1-11-14(17(29)25-20(23-11)31-19(21)22)9-10-15(28)24-16-12(2)26(3)27(18(16)30)13-7-5-4-6-8-13/h4-8,19H,9-10H2,1-3H3,(H,24,28)(H,23,25,29). The van der Waals surface area contributed by atoms with Crippen molar-refractivity contribution in [2.75, 3.05) is 5.32 Å². The lowest BCUT2D eigenvalue weighted by Crippen LogP contribution is -2.24. The van der Waals surface area contributed by atoms with Crippen LogP contribution in [0.1, 0.15) is 23.4 Å². The number of aromatic nitrogens is 4. The molecular formula is C20H21F2N5O3S. The number of carbonyl (C=O) groups is 1. The molecule has 0 bridgehead atoms. The van der Waals surface area contributed by atoms with Gasteiger partial charge in [-0.2, -0.15) is 8.78 Å². The monoisotopic (exact) mass is 449 g/mol. The Morgan fingerprint density at radius 1 is 1.23 bits per heavy atom. The van der Waals surface area contributed by atoms with Crippen LogP contribution in [0.15, 0.2) is 45.1 Å². The van der Waals surface area contributed by atoms with Gasteiger partial charge in [0.15, 0.2) is 5.16 Å². The number of anilines is 1. The van der Waals surface area contributed by atoms with E-state index in [1.54, 1.807) is 42.9 Å². The van der Waals surface area contributed by atoms with Gasteiger partial charge in [0.25, 0.3) is 16.9 Å². The highest BCUT2D eigenvalue weighted by atomic mass is 32.2. The molecule has 1 aromatic carbocycles. The van der Waals surface area contributed by atoms with Crippen molar-refractivity contribution in [3.8, 4) is 5.69 Å². The third-order valence-corrected chi connectivity index (χ3v) is 5.42. The van der Waals surface area contributed by atoms with Crippen molar-refractivity contribution in [2.24, 2.45) is 7.05 Å². The molecule has 8 nitrogen and oxygen atoms in total. The van der Waals surface area contributed by atoms with Gasteiger partial charge in [-0.3, -0.25) is 19.1 Å². The predicted octanol–water partition coefficient (Wildman–Crippen LogP) is 2.76. The predicted molar refractivity (Wildman–Crippen MR) is 114 cm³/mol. The number of rotatable bonds is 7. The van der Waals surface area contributed by atoms with E-state index in [4.69, 9.17) is 0 Å². The van der Waals surface area contributed by atoms with Crippen molar-refractivity contribution < 1.29 is 13.6 Å². The molecule has 31 heavy (non-hydrogen) atoms. The number of para-hydroxylation sites is 1. The molecule has 3 rings (SSSR count). The average molecular weight is 449 g/mol. The number of benzene rings is 1. The summed E-state index contributed by atoms with van der Waals surface area (Å²) < 4.78 is 28.0. The molecule has 0 aliphatic carbocycles. The number of hydrogen-bond acceptors (Lipinski definition) is 5. The molecular weight excluding hydrogens is 428 g/mol. The molecule has 2 aromatic heterocycles. The van der Waals surface area contributed by atoms with E-state index in [0.29, 0.717) is 11.4 Å². The van der Waals surface area contributed by atoms with Crippen LogP contribution in [0.5, 0.6) is 0 Å². The number of carbonyl (C=O) groups excluding carboxylic acids is 1. The van der Waals surface area contributed by atoms with Gasteiger partial charge in [0.2, 0.25) is 5.91 Å². The van der Waals surface area contributed by atoms with Crippen LogP contribution in [0.4, 0.5) is 14.5 Å². The van der Waals surface area contributed by atoms with Gasteiger partial charge in [0.05, 0.1) is 11.4 Å². The second-order valence-corrected chi connectivity index (χ2v) is 7.78. The van der Waals surface area contributed by atoms with E-state index in [9.17, 15) is 23.2 Å². The second-order valence-electron chi connectivity index (χ2n) is 6.80. The molecule has 0 spiro atoms. The van der Waals surface area contributed by atoms with Crippen molar-refractivity contribution in [1.82, 2.24) is 19.3 Å². The average Bonchev–Trinajstić information content (AvgIpc) is 2.90. The van der Waals surface area contributed by atoms with Crippen LogP contribution in [0.3, 0.4) is 0 Å².